The topological polar surface area (TPSA) is 153 Å². The van der Waals surface area contributed by atoms with E-state index in [1.54, 1.807) is 24.3 Å². The van der Waals surface area contributed by atoms with E-state index >= 15 is 0 Å². The summed E-state index contributed by atoms with van der Waals surface area (Å²) < 4.78 is 26.5. The summed E-state index contributed by atoms with van der Waals surface area (Å²) >= 11 is 0. The number of hydrogen-bond acceptors (Lipinski definition) is 11. The van der Waals surface area contributed by atoms with Crippen LogP contribution in [0.5, 0.6) is 29.0 Å². The molecule has 0 fully saturated rings. The summed E-state index contributed by atoms with van der Waals surface area (Å²) in [6.07, 6.45) is 0. The van der Waals surface area contributed by atoms with Gasteiger partial charge in [0.25, 0.3) is 11.8 Å². The number of para-hydroxylation sites is 2. The molecule has 0 amide bonds. The molecular formula is C21H11N3O9. The Labute approximate surface area is 183 Å². The van der Waals surface area contributed by atoms with E-state index in [0.29, 0.717) is 11.0 Å². The van der Waals surface area contributed by atoms with Crippen LogP contribution in [-0.2, 0) is 4.74 Å². The molecule has 2 aromatic carbocycles. The molecule has 1 aliphatic rings. The lowest BCUT2D eigenvalue weighted by atomic mass is 10.1. The molecule has 12 heteroatoms. The zero-order valence-corrected chi connectivity index (χ0v) is 16.6. The minimum Gasteiger partial charge on any atom is -0.465 e. The third-order valence-corrected chi connectivity index (χ3v) is 4.53. The van der Waals surface area contributed by atoms with Crippen LogP contribution in [0.2, 0.25) is 0 Å². The number of furan rings is 1. The zero-order valence-electron chi connectivity index (χ0n) is 16.6. The first-order valence-electron chi connectivity index (χ1n) is 9.28. The minimum atomic E-state index is -1.06. The van der Waals surface area contributed by atoms with Crippen molar-refractivity contribution in [2.45, 2.75) is 0 Å². The van der Waals surface area contributed by atoms with Crippen LogP contribution in [0, 0.1) is 10.1 Å². The first-order valence-corrected chi connectivity index (χ1v) is 9.28. The van der Waals surface area contributed by atoms with E-state index in [0.717, 1.165) is 12.1 Å². The van der Waals surface area contributed by atoms with E-state index in [4.69, 9.17) is 23.4 Å². The zero-order chi connectivity index (χ0) is 23.1. The van der Waals surface area contributed by atoms with Crippen LogP contribution in [-0.4, -0.2) is 33.9 Å². The molecule has 0 unspecified atom stereocenters. The van der Waals surface area contributed by atoms with E-state index in [-0.39, 0.29) is 34.6 Å². The first-order chi connectivity index (χ1) is 15.9. The summed E-state index contributed by atoms with van der Waals surface area (Å²) in [5.41, 5.74) is 1.08. The molecule has 0 saturated heterocycles. The highest BCUT2D eigenvalue weighted by molar-refractivity contribution is 5.93. The molecule has 0 bridgehead atoms. The quantitative estimate of drug-likeness (QED) is 0.169. The molecule has 0 atom stereocenters. The molecule has 5 rings (SSSR count). The van der Waals surface area contributed by atoms with E-state index in [2.05, 4.69) is 9.97 Å². The normalized spacial score (nSPS) is 11.5. The van der Waals surface area contributed by atoms with Crippen molar-refractivity contribution in [3.05, 3.63) is 70.0 Å². The highest BCUT2D eigenvalue weighted by Gasteiger charge is 2.30. The predicted molar refractivity (Wildman–Crippen MR) is 108 cm³/mol. The largest absolute Gasteiger partial charge is 0.465 e. The van der Waals surface area contributed by atoms with Crippen molar-refractivity contribution in [2.75, 3.05) is 7.11 Å². The minimum absolute atomic E-state index is 0.00901. The van der Waals surface area contributed by atoms with Gasteiger partial charge in [-0.3, -0.25) is 10.1 Å². The van der Waals surface area contributed by atoms with Crippen LogP contribution < -0.4 is 14.2 Å². The molecule has 0 aliphatic carbocycles. The van der Waals surface area contributed by atoms with Gasteiger partial charge in [-0.25, -0.2) is 19.6 Å². The first kappa shape index (κ1) is 19.9. The fourth-order valence-corrected chi connectivity index (χ4v) is 3.05. The number of ether oxygens (including phenoxy) is 4. The lowest BCUT2D eigenvalue weighted by Gasteiger charge is -2.21. The smallest absolute Gasteiger partial charge is 0.433 e. The van der Waals surface area contributed by atoms with Gasteiger partial charge in [0.1, 0.15) is 4.92 Å². The Morgan fingerprint density at radius 1 is 0.970 bits per heavy atom. The van der Waals surface area contributed by atoms with Crippen LogP contribution >= 0.6 is 0 Å². The Kier molecular flexibility index (Phi) is 4.59. The molecule has 0 radical (unpaired) electrons. The third-order valence-electron chi connectivity index (χ3n) is 4.53. The summed E-state index contributed by atoms with van der Waals surface area (Å²) in [5.74, 6) is -3.08. The molecule has 2 aromatic heterocycles. The fourth-order valence-electron chi connectivity index (χ4n) is 3.05. The Bertz CT molecular complexity index is 1460. The number of carbonyl (C=O) groups is 2. The number of esters is 2. The SMILES string of the molecule is COC(=O)c1cc(OC(=O)c2ccc([N+](=O)[O-])o2)c2c(c1)Oc1nc3ccccc3nc1O2. The predicted octanol–water partition coefficient (Wildman–Crippen LogP) is 4.03. The third kappa shape index (κ3) is 3.54. The average molecular weight is 449 g/mol. The van der Waals surface area contributed by atoms with Gasteiger partial charge in [-0.1, -0.05) is 12.1 Å². The number of benzene rings is 2. The fraction of sp³-hybridized carbons (Fsp3) is 0.0476. The Morgan fingerprint density at radius 2 is 1.67 bits per heavy atom. The summed E-state index contributed by atoms with van der Waals surface area (Å²) in [7, 11) is 1.18. The van der Waals surface area contributed by atoms with Gasteiger partial charge in [-0.15, -0.1) is 0 Å². The lowest BCUT2D eigenvalue weighted by molar-refractivity contribution is -0.402. The number of rotatable bonds is 4. The molecule has 0 spiro atoms. The summed E-state index contributed by atoms with van der Waals surface area (Å²) in [5, 5.41) is 10.8. The molecule has 4 aromatic rings. The maximum Gasteiger partial charge on any atom is 0.433 e. The standard InChI is InChI=1S/C21H11N3O9/c1-29-20(25)10-8-14-17(15(9-10)32-21(26)13-6-7-16(30-13)24(27)28)33-19-18(31-14)22-11-4-2-3-5-12(11)23-19/h2-9H,1H3. The number of nitrogens with zero attached hydrogens (tertiary/aromatic N) is 3. The molecule has 164 valence electrons. The molecular weight excluding hydrogens is 438 g/mol. The lowest BCUT2D eigenvalue weighted by Crippen LogP contribution is -2.12. The molecule has 12 nitrogen and oxygen atoms in total. The molecule has 3 heterocycles. The van der Waals surface area contributed by atoms with Crippen LogP contribution in [0.25, 0.3) is 11.0 Å². The van der Waals surface area contributed by atoms with Crippen molar-refractivity contribution in [3.8, 4) is 29.0 Å². The maximum absolute atomic E-state index is 12.5. The van der Waals surface area contributed by atoms with Crippen molar-refractivity contribution in [1.29, 1.82) is 0 Å². The van der Waals surface area contributed by atoms with Gasteiger partial charge in [0.15, 0.2) is 11.5 Å². The number of aromatic nitrogens is 2. The second kappa shape index (κ2) is 7.60. The Morgan fingerprint density at radius 3 is 2.30 bits per heavy atom. The molecule has 0 N–H and O–H groups in total. The number of hydrogen-bond donors (Lipinski definition) is 0. The molecule has 1 aliphatic heterocycles. The number of methoxy groups -OCH3 is 1. The van der Waals surface area contributed by atoms with Crippen molar-refractivity contribution >= 4 is 28.9 Å². The van der Waals surface area contributed by atoms with Gasteiger partial charge in [0, 0.05) is 0 Å². The second-order valence-corrected chi connectivity index (χ2v) is 6.60. The Balaban J connectivity index is 1.56. The Hall–Kier alpha value is -5.00. The summed E-state index contributed by atoms with van der Waals surface area (Å²) in [6.45, 7) is 0. The van der Waals surface area contributed by atoms with Gasteiger partial charge >= 0.3 is 17.8 Å². The molecule has 0 saturated carbocycles. The van der Waals surface area contributed by atoms with Crippen molar-refractivity contribution in [2.24, 2.45) is 0 Å². The number of nitro groups is 1. The van der Waals surface area contributed by atoms with Crippen molar-refractivity contribution in [3.63, 3.8) is 0 Å². The summed E-state index contributed by atoms with van der Waals surface area (Å²) in [6, 6.07) is 11.6. The monoisotopic (exact) mass is 449 g/mol. The average Bonchev–Trinajstić information content (AvgIpc) is 3.32. The summed E-state index contributed by atoms with van der Waals surface area (Å²) in [4.78, 5) is 43.4. The van der Waals surface area contributed by atoms with Gasteiger partial charge < -0.3 is 23.4 Å². The van der Waals surface area contributed by atoms with Crippen LogP contribution in [0.3, 0.4) is 0 Å². The van der Waals surface area contributed by atoms with Crippen LogP contribution in [0.1, 0.15) is 20.9 Å². The van der Waals surface area contributed by atoms with Crippen molar-refractivity contribution < 1.29 is 37.9 Å². The van der Waals surface area contributed by atoms with E-state index in [1.165, 1.54) is 19.2 Å². The van der Waals surface area contributed by atoms with Gasteiger partial charge in [-0.05, 0) is 30.3 Å². The van der Waals surface area contributed by atoms with Crippen LogP contribution in [0.4, 0.5) is 5.88 Å². The van der Waals surface area contributed by atoms with Crippen molar-refractivity contribution in [1.82, 2.24) is 9.97 Å². The highest BCUT2D eigenvalue weighted by atomic mass is 16.7. The van der Waals surface area contributed by atoms with Crippen LogP contribution in [0.15, 0.2) is 52.9 Å². The second-order valence-electron chi connectivity index (χ2n) is 6.60. The van der Waals surface area contributed by atoms with E-state index < -0.39 is 28.5 Å². The van der Waals surface area contributed by atoms with E-state index in [9.17, 15) is 19.7 Å². The number of carbonyl (C=O) groups excluding carboxylic acids is 2. The van der Waals surface area contributed by atoms with Gasteiger partial charge in [-0.2, -0.15) is 0 Å². The molecule has 33 heavy (non-hydrogen) atoms. The highest BCUT2D eigenvalue weighted by Crippen LogP contribution is 2.49. The maximum atomic E-state index is 12.5. The van der Waals surface area contributed by atoms with Gasteiger partial charge in [0.2, 0.25) is 11.5 Å². The number of fused-ring (bicyclic) bond motifs is 3. The van der Waals surface area contributed by atoms with Gasteiger partial charge in [0.05, 0.1) is 29.8 Å². The van der Waals surface area contributed by atoms with E-state index in [1.807, 2.05) is 0 Å².